The first-order chi connectivity index (χ1) is 14.2. The van der Waals surface area contributed by atoms with E-state index in [4.69, 9.17) is 16.0 Å². The van der Waals surface area contributed by atoms with Gasteiger partial charge in [0.2, 0.25) is 11.8 Å². The average molecular weight is 413 g/mol. The van der Waals surface area contributed by atoms with Crippen molar-refractivity contribution < 1.29 is 9.21 Å². The van der Waals surface area contributed by atoms with Gasteiger partial charge in [0.25, 0.3) is 5.91 Å². The second-order valence-corrected chi connectivity index (χ2v) is 7.18. The fourth-order valence-electron chi connectivity index (χ4n) is 3.11. The van der Waals surface area contributed by atoms with Gasteiger partial charge in [-0.1, -0.05) is 23.7 Å². The minimum Gasteiger partial charge on any atom is -0.447 e. The minimum atomic E-state index is -0.263. The van der Waals surface area contributed by atoms with Crippen molar-refractivity contribution in [2.75, 3.05) is 31.1 Å². The zero-order valence-electron chi connectivity index (χ0n) is 15.8. The van der Waals surface area contributed by atoms with Gasteiger partial charge in [-0.3, -0.25) is 9.69 Å². The standard InChI is InChI=1S/C20H21ClN6O2/c21-16-4-2-15(3-5-16)12-24-19(28)17-14-29-18(25-17)13-26-8-10-27(11-9-26)20-22-6-1-7-23-20/h1-7,14H,8-13H2,(H,24,28). The molecule has 4 rings (SSSR count). The Labute approximate surface area is 173 Å². The number of oxazole rings is 1. The summed E-state index contributed by atoms with van der Waals surface area (Å²) in [5.41, 5.74) is 1.25. The fourth-order valence-corrected chi connectivity index (χ4v) is 3.24. The van der Waals surface area contributed by atoms with Crippen LogP contribution < -0.4 is 10.2 Å². The lowest BCUT2D eigenvalue weighted by atomic mass is 10.2. The SMILES string of the molecule is O=C(NCc1ccc(Cl)cc1)c1coc(CN2CCN(c3ncccn3)CC2)n1. The van der Waals surface area contributed by atoms with Crippen molar-refractivity contribution in [3.63, 3.8) is 0 Å². The molecule has 1 fully saturated rings. The number of carbonyl (C=O) groups excluding carboxylic acids is 1. The second kappa shape index (κ2) is 9.02. The number of piperazine rings is 1. The zero-order valence-corrected chi connectivity index (χ0v) is 16.5. The van der Waals surface area contributed by atoms with Crippen molar-refractivity contribution >= 4 is 23.5 Å². The van der Waals surface area contributed by atoms with E-state index in [1.807, 2.05) is 18.2 Å². The van der Waals surface area contributed by atoms with Crippen molar-refractivity contribution in [2.24, 2.45) is 0 Å². The molecule has 29 heavy (non-hydrogen) atoms. The molecule has 0 aliphatic carbocycles. The maximum absolute atomic E-state index is 12.3. The van der Waals surface area contributed by atoms with Crippen LogP contribution in [0.5, 0.6) is 0 Å². The summed E-state index contributed by atoms with van der Waals surface area (Å²) in [6.45, 7) is 4.32. The molecule has 1 aliphatic heterocycles. The molecule has 8 nitrogen and oxygen atoms in total. The Morgan fingerprint density at radius 3 is 2.55 bits per heavy atom. The molecule has 0 atom stereocenters. The monoisotopic (exact) mass is 412 g/mol. The third kappa shape index (κ3) is 5.10. The normalized spacial score (nSPS) is 14.7. The summed E-state index contributed by atoms with van der Waals surface area (Å²) < 4.78 is 5.50. The van der Waals surface area contributed by atoms with Gasteiger partial charge in [-0.2, -0.15) is 0 Å². The molecule has 0 saturated carbocycles. The Hall–Kier alpha value is -2.97. The first-order valence-corrected chi connectivity index (χ1v) is 9.76. The third-order valence-electron chi connectivity index (χ3n) is 4.72. The molecule has 3 heterocycles. The van der Waals surface area contributed by atoms with Crippen LogP contribution in [-0.4, -0.2) is 51.9 Å². The van der Waals surface area contributed by atoms with Crippen LogP contribution in [0.4, 0.5) is 5.95 Å². The Morgan fingerprint density at radius 2 is 1.83 bits per heavy atom. The summed E-state index contributed by atoms with van der Waals surface area (Å²) in [6, 6.07) is 9.14. The lowest BCUT2D eigenvalue weighted by Crippen LogP contribution is -2.46. The number of aromatic nitrogens is 3. The molecule has 3 aromatic rings. The van der Waals surface area contributed by atoms with Crippen molar-refractivity contribution in [3.8, 4) is 0 Å². The van der Waals surface area contributed by atoms with Crippen molar-refractivity contribution in [3.05, 3.63) is 71.2 Å². The van der Waals surface area contributed by atoms with Crippen molar-refractivity contribution in [1.29, 1.82) is 0 Å². The summed E-state index contributed by atoms with van der Waals surface area (Å²) in [6.07, 6.45) is 4.91. The maximum atomic E-state index is 12.3. The molecule has 1 N–H and O–H groups in total. The predicted octanol–water partition coefficient (Wildman–Crippen LogP) is 2.37. The fraction of sp³-hybridized carbons (Fsp3) is 0.300. The highest BCUT2D eigenvalue weighted by atomic mass is 35.5. The highest BCUT2D eigenvalue weighted by Gasteiger charge is 2.21. The van der Waals surface area contributed by atoms with Crippen LogP contribution in [0.2, 0.25) is 5.02 Å². The summed E-state index contributed by atoms with van der Waals surface area (Å²) in [7, 11) is 0. The van der Waals surface area contributed by atoms with Gasteiger partial charge in [0.15, 0.2) is 5.69 Å². The largest absolute Gasteiger partial charge is 0.447 e. The van der Waals surface area contributed by atoms with Crippen LogP contribution in [0.25, 0.3) is 0 Å². The highest BCUT2D eigenvalue weighted by molar-refractivity contribution is 6.30. The first-order valence-electron chi connectivity index (χ1n) is 9.39. The van der Waals surface area contributed by atoms with Crippen LogP contribution in [-0.2, 0) is 13.1 Å². The molecular formula is C20H21ClN6O2. The van der Waals surface area contributed by atoms with E-state index < -0.39 is 0 Å². The number of anilines is 1. The molecule has 2 aromatic heterocycles. The number of nitrogens with one attached hydrogen (secondary N) is 1. The van der Waals surface area contributed by atoms with E-state index in [1.165, 1.54) is 6.26 Å². The third-order valence-corrected chi connectivity index (χ3v) is 4.97. The lowest BCUT2D eigenvalue weighted by molar-refractivity contribution is 0.0946. The molecular weight excluding hydrogens is 392 g/mol. The number of nitrogens with zero attached hydrogens (tertiary/aromatic N) is 5. The zero-order chi connectivity index (χ0) is 20.1. The number of halogens is 1. The Balaban J connectivity index is 1.26. The first kappa shape index (κ1) is 19.4. The highest BCUT2D eigenvalue weighted by Crippen LogP contribution is 2.13. The summed E-state index contributed by atoms with van der Waals surface area (Å²) >= 11 is 5.87. The van der Waals surface area contributed by atoms with E-state index in [-0.39, 0.29) is 11.6 Å². The van der Waals surface area contributed by atoms with E-state index in [0.717, 1.165) is 37.7 Å². The van der Waals surface area contributed by atoms with E-state index in [1.54, 1.807) is 24.5 Å². The molecule has 0 radical (unpaired) electrons. The molecule has 150 valence electrons. The van der Waals surface area contributed by atoms with Gasteiger partial charge in [-0.15, -0.1) is 0 Å². The maximum Gasteiger partial charge on any atom is 0.273 e. The number of carbonyl (C=O) groups is 1. The Kier molecular flexibility index (Phi) is 6.02. The lowest BCUT2D eigenvalue weighted by Gasteiger charge is -2.33. The van der Waals surface area contributed by atoms with Gasteiger partial charge in [-0.05, 0) is 23.8 Å². The Bertz CT molecular complexity index is 939. The van der Waals surface area contributed by atoms with Crippen LogP contribution in [0.15, 0.2) is 53.4 Å². The van der Waals surface area contributed by atoms with Crippen molar-refractivity contribution in [1.82, 2.24) is 25.2 Å². The molecule has 9 heteroatoms. The minimum absolute atomic E-state index is 0.263. The van der Waals surface area contributed by atoms with E-state index in [9.17, 15) is 4.79 Å². The van der Waals surface area contributed by atoms with Gasteiger partial charge >= 0.3 is 0 Å². The molecule has 0 spiro atoms. The number of rotatable bonds is 6. The van der Waals surface area contributed by atoms with Crippen LogP contribution in [0, 0.1) is 0 Å². The van der Waals surface area contributed by atoms with E-state index >= 15 is 0 Å². The number of hydrogen-bond donors (Lipinski definition) is 1. The van der Waals surface area contributed by atoms with E-state index in [0.29, 0.717) is 24.0 Å². The Morgan fingerprint density at radius 1 is 1.10 bits per heavy atom. The number of hydrogen-bond acceptors (Lipinski definition) is 7. The predicted molar refractivity (Wildman–Crippen MR) is 109 cm³/mol. The molecule has 1 saturated heterocycles. The molecule has 1 aromatic carbocycles. The van der Waals surface area contributed by atoms with Gasteiger partial charge in [0.05, 0.1) is 6.54 Å². The number of amides is 1. The molecule has 1 aliphatic rings. The van der Waals surface area contributed by atoms with Crippen molar-refractivity contribution in [2.45, 2.75) is 13.1 Å². The summed E-state index contributed by atoms with van der Waals surface area (Å²) in [4.78, 5) is 29.6. The average Bonchev–Trinajstić information content (AvgIpc) is 3.23. The molecule has 1 amide bonds. The molecule has 0 unspecified atom stereocenters. The smallest absolute Gasteiger partial charge is 0.273 e. The summed E-state index contributed by atoms with van der Waals surface area (Å²) in [5, 5.41) is 3.50. The van der Waals surface area contributed by atoms with Gasteiger partial charge in [0, 0.05) is 50.1 Å². The second-order valence-electron chi connectivity index (χ2n) is 6.75. The van der Waals surface area contributed by atoms with E-state index in [2.05, 4.69) is 30.1 Å². The topological polar surface area (TPSA) is 87.4 Å². The van der Waals surface area contributed by atoms with Crippen LogP contribution in [0.3, 0.4) is 0 Å². The van der Waals surface area contributed by atoms with Gasteiger partial charge in [-0.25, -0.2) is 15.0 Å². The quantitative estimate of drug-likeness (QED) is 0.665. The molecule has 0 bridgehead atoms. The summed E-state index contributed by atoms with van der Waals surface area (Å²) in [5.74, 6) is 1.02. The van der Waals surface area contributed by atoms with Crippen LogP contribution in [0.1, 0.15) is 21.9 Å². The number of benzene rings is 1. The van der Waals surface area contributed by atoms with Gasteiger partial charge < -0.3 is 14.6 Å². The van der Waals surface area contributed by atoms with Crippen LogP contribution >= 0.6 is 11.6 Å². The van der Waals surface area contributed by atoms with Gasteiger partial charge in [0.1, 0.15) is 6.26 Å².